The molecule has 2 aliphatic heterocycles. The molecule has 4 aromatic carbocycles. The fourth-order valence-corrected chi connectivity index (χ4v) is 5.55. The Balaban J connectivity index is 1.23. The second kappa shape index (κ2) is 11.9. The first-order valence-electron chi connectivity index (χ1n) is 14.0. The van der Waals surface area contributed by atoms with Gasteiger partial charge in [-0.05, 0) is 58.7 Å². The van der Waals surface area contributed by atoms with Crippen LogP contribution in [0.2, 0.25) is 0 Å². The zero-order valence-electron chi connectivity index (χ0n) is 22.6. The van der Waals surface area contributed by atoms with Gasteiger partial charge >= 0.3 is 0 Å². The first-order valence-corrected chi connectivity index (χ1v) is 14.0. The lowest BCUT2D eigenvalue weighted by Gasteiger charge is -2.32. The summed E-state index contributed by atoms with van der Waals surface area (Å²) in [6, 6.07) is 27.8. The van der Waals surface area contributed by atoms with Crippen LogP contribution in [0.25, 0.3) is 10.8 Å². The SMILES string of the molecule is O=C(Nc1ccc(N2CCc3ccccc3C2)c(C(=O)NCCN2CCOCC2)c1)c1ccc2ccccc2c1. The molecule has 0 aliphatic carbocycles. The maximum Gasteiger partial charge on any atom is 0.255 e. The Labute approximate surface area is 234 Å². The van der Waals surface area contributed by atoms with Gasteiger partial charge in [-0.15, -0.1) is 0 Å². The molecule has 0 radical (unpaired) electrons. The Kier molecular flexibility index (Phi) is 7.75. The van der Waals surface area contributed by atoms with Gasteiger partial charge in [-0.1, -0.05) is 54.6 Å². The van der Waals surface area contributed by atoms with E-state index in [9.17, 15) is 9.59 Å². The van der Waals surface area contributed by atoms with Gasteiger partial charge < -0.3 is 20.3 Å². The van der Waals surface area contributed by atoms with Gasteiger partial charge in [0.15, 0.2) is 0 Å². The van der Waals surface area contributed by atoms with E-state index >= 15 is 0 Å². The normalized spacial score (nSPS) is 15.4. The number of amides is 2. The van der Waals surface area contributed by atoms with Gasteiger partial charge in [-0.2, -0.15) is 0 Å². The fraction of sp³-hybridized carbons (Fsp3) is 0.273. The Bertz CT molecular complexity index is 1530. The van der Waals surface area contributed by atoms with E-state index in [-0.39, 0.29) is 11.8 Å². The summed E-state index contributed by atoms with van der Waals surface area (Å²) < 4.78 is 5.43. The minimum Gasteiger partial charge on any atom is -0.379 e. The van der Waals surface area contributed by atoms with Gasteiger partial charge in [0.1, 0.15) is 0 Å². The highest BCUT2D eigenvalue weighted by Crippen LogP contribution is 2.30. The van der Waals surface area contributed by atoms with Crippen molar-refractivity contribution in [1.29, 1.82) is 0 Å². The number of anilines is 2. The standard InChI is InChI=1S/C33H34N4O3/c38-32(27-10-9-24-5-1-3-7-26(24)21-27)35-29-11-12-31(37-15-13-25-6-2-4-8-28(25)23-37)30(22-29)33(39)34-14-16-36-17-19-40-20-18-36/h1-12,21-22H,13-20,23H2,(H,34,39)(H,35,38). The molecule has 204 valence electrons. The molecule has 2 heterocycles. The Morgan fingerprint density at radius 2 is 1.55 bits per heavy atom. The van der Waals surface area contributed by atoms with Crippen LogP contribution in [0.1, 0.15) is 31.8 Å². The van der Waals surface area contributed by atoms with Crippen molar-refractivity contribution < 1.29 is 14.3 Å². The van der Waals surface area contributed by atoms with Crippen LogP contribution in [-0.2, 0) is 17.7 Å². The third kappa shape index (κ3) is 5.86. The molecule has 1 fully saturated rings. The van der Waals surface area contributed by atoms with Crippen molar-refractivity contribution in [2.75, 3.05) is 56.2 Å². The van der Waals surface area contributed by atoms with Crippen molar-refractivity contribution in [2.24, 2.45) is 0 Å². The van der Waals surface area contributed by atoms with Crippen molar-refractivity contribution in [1.82, 2.24) is 10.2 Å². The van der Waals surface area contributed by atoms with E-state index in [4.69, 9.17) is 4.74 Å². The molecule has 7 heteroatoms. The number of hydrogen-bond donors (Lipinski definition) is 2. The molecule has 7 nitrogen and oxygen atoms in total. The Hall–Kier alpha value is -4.20. The van der Waals surface area contributed by atoms with Crippen LogP contribution in [0.5, 0.6) is 0 Å². The monoisotopic (exact) mass is 534 g/mol. The van der Waals surface area contributed by atoms with E-state index in [1.54, 1.807) is 6.07 Å². The zero-order chi connectivity index (χ0) is 27.3. The molecule has 2 N–H and O–H groups in total. The summed E-state index contributed by atoms with van der Waals surface area (Å²) in [5, 5.41) is 8.22. The summed E-state index contributed by atoms with van der Waals surface area (Å²) in [5.41, 5.74) is 5.25. The molecular formula is C33H34N4O3. The van der Waals surface area contributed by atoms with E-state index in [0.29, 0.717) is 23.4 Å². The first kappa shape index (κ1) is 26.0. The van der Waals surface area contributed by atoms with Crippen LogP contribution in [0, 0.1) is 0 Å². The van der Waals surface area contributed by atoms with E-state index in [0.717, 1.165) is 68.8 Å². The van der Waals surface area contributed by atoms with Crippen LogP contribution < -0.4 is 15.5 Å². The number of carbonyl (C=O) groups is 2. The molecule has 2 aliphatic rings. The van der Waals surface area contributed by atoms with E-state index < -0.39 is 0 Å². The van der Waals surface area contributed by atoms with Crippen LogP contribution in [0.4, 0.5) is 11.4 Å². The average molecular weight is 535 g/mol. The predicted octanol–water partition coefficient (Wildman–Crippen LogP) is 4.72. The molecule has 0 atom stereocenters. The highest BCUT2D eigenvalue weighted by molar-refractivity contribution is 6.08. The molecule has 4 aromatic rings. The van der Waals surface area contributed by atoms with Gasteiger partial charge in [0, 0.05) is 56.2 Å². The molecule has 0 spiro atoms. The molecule has 40 heavy (non-hydrogen) atoms. The largest absolute Gasteiger partial charge is 0.379 e. The molecule has 2 amide bonds. The Morgan fingerprint density at radius 1 is 0.775 bits per heavy atom. The molecular weight excluding hydrogens is 500 g/mol. The quantitative estimate of drug-likeness (QED) is 0.359. The van der Waals surface area contributed by atoms with Crippen molar-refractivity contribution >= 4 is 34.0 Å². The zero-order valence-corrected chi connectivity index (χ0v) is 22.6. The molecule has 0 aromatic heterocycles. The smallest absolute Gasteiger partial charge is 0.255 e. The van der Waals surface area contributed by atoms with Gasteiger partial charge in [-0.25, -0.2) is 0 Å². The maximum atomic E-state index is 13.6. The summed E-state index contributed by atoms with van der Waals surface area (Å²) in [6.07, 6.45) is 0.925. The number of hydrogen-bond acceptors (Lipinski definition) is 5. The number of nitrogens with zero attached hydrogens (tertiary/aromatic N) is 2. The van der Waals surface area contributed by atoms with Gasteiger partial charge in [0.05, 0.1) is 18.8 Å². The van der Waals surface area contributed by atoms with E-state index in [1.807, 2.05) is 54.6 Å². The number of fused-ring (bicyclic) bond motifs is 2. The lowest BCUT2D eigenvalue weighted by atomic mass is 9.98. The summed E-state index contributed by atoms with van der Waals surface area (Å²) >= 11 is 0. The first-order chi connectivity index (χ1) is 19.6. The molecule has 1 saturated heterocycles. The minimum atomic E-state index is -0.205. The van der Waals surface area contributed by atoms with Gasteiger partial charge in [0.25, 0.3) is 11.8 Å². The predicted molar refractivity (Wildman–Crippen MR) is 159 cm³/mol. The lowest BCUT2D eigenvalue weighted by Crippen LogP contribution is -2.41. The number of carbonyl (C=O) groups excluding carboxylic acids is 2. The molecule has 0 unspecified atom stereocenters. The average Bonchev–Trinajstić information content (AvgIpc) is 3.01. The number of benzene rings is 4. The van der Waals surface area contributed by atoms with E-state index in [2.05, 4.69) is 44.7 Å². The number of nitrogens with one attached hydrogen (secondary N) is 2. The topological polar surface area (TPSA) is 73.9 Å². The highest BCUT2D eigenvalue weighted by atomic mass is 16.5. The summed E-state index contributed by atoms with van der Waals surface area (Å²) in [7, 11) is 0. The highest BCUT2D eigenvalue weighted by Gasteiger charge is 2.22. The maximum absolute atomic E-state index is 13.6. The Morgan fingerprint density at radius 3 is 2.40 bits per heavy atom. The van der Waals surface area contributed by atoms with Crippen molar-refractivity contribution in [2.45, 2.75) is 13.0 Å². The van der Waals surface area contributed by atoms with Crippen LogP contribution >= 0.6 is 0 Å². The molecule has 6 rings (SSSR count). The van der Waals surface area contributed by atoms with Crippen LogP contribution in [0.15, 0.2) is 84.9 Å². The second-order valence-electron chi connectivity index (χ2n) is 10.4. The van der Waals surface area contributed by atoms with Crippen LogP contribution in [-0.4, -0.2) is 62.7 Å². The summed E-state index contributed by atoms with van der Waals surface area (Å²) in [4.78, 5) is 31.3. The van der Waals surface area contributed by atoms with Crippen molar-refractivity contribution in [3.63, 3.8) is 0 Å². The third-order valence-corrected chi connectivity index (χ3v) is 7.80. The number of rotatable bonds is 7. The second-order valence-corrected chi connectivity index (χ2v) is 10.4. The van der Waals surface area contributed by atoms with E-state index in [1.165, 1.54) is 11.1 Å². The van der Waals surface area contributed by atoms with Crippen molar-refractivity contribution in [3.05, 3.63) is 107 Å². The van der Waals surface area contributed by atoms with Gasteiger partial charge in [0.2, 0.25) is 0 Å². The molecule has 0 saturated carbocycles. The number of ether oxygens (including phenoxy) is 1. The third-order valence-electron chi connectivity index (χ3n) is 7.80. The van der Waals surface area contributed by atoms with Crippen LogP contribution in [0.3, 0.4) is 0 Å². The summed E-state index contributed by atoms with van der Waals surface area (Å²) in [6.45, 7) is 6.12. The lowest BCUT2D eigenvalue weighted by molar-refractivity contribution is 0.0383. The van der Waals surface area contributed by atoms with Crippen molar-refractivity contribution in [3.8, 4) is 0 Å². The van der Waals surface area contributed by atoms with Gasteiger partial charge in [-0.3, -0.25) is 14.5 Å². The number of morpholine rings is 1. The summed E-state index contributed by atoms with van der Waals surface area (Å²) in [5.74, 6) is -0.340. The molecule has 0 bridgehead atoms. The minimum absolute atomic E-state index is 0.135. The fourth-order valence-electron chi connectivity index (χ4n) is 5.55.